The summed E-state index contributed by atoms with van der Waals surface area (Å²) >= 11 is 0. The number of hydrogen-bond donors (Lipinski definition) is 2. The summed E-state index contributed by atoms with van der Waals surface area (Å²) in [6.45, 7) is 9.60. The molecule has 19 heavy (non-hydrogen) atoms. The zero-order chi connectivity index (χ0) is 14.1. The monoisotopic (exact) mass is 273 g/mol. The molecule has 112 valence electrons. The largest absolute Gasteiger partial charge is 0.385 e. The summed E-state index contributed by atoms with van der Waals surface area (Å²) in [5, 5.41) is 5.74. The number of hydrogen-bond acceptors (Lipinski definition) is 4. The van der Waals surface area contributed by atoms with Crippen LogP contribution in [-0.2, 0) is 9.47 Å². The van der Waals surface area contributed by atoms with Gasteiger partial charge in [-0.25, -0.2) is 4.79 Å². The van der Waals surface area contributed by atoms with Gasteiger partial charge in [-0.2, -0.15) is 0 Å². The molecule has 0 aromatic carbocycles. The van der Waals surface area contributed by atoms with Crippen molar-refractivity contribution in [1.29, 1.82) is 0 Å². The summed E-state index contributed by atoms with van der Waals surface area (Å²) in [5.41, 5.74) is -0.0480. The Kier molecular flexibility index (Phi) is 7.12. The zero-order valence-electron chi connectivity index (χ0n) is 12.3. The van der Waals surface area contributed by atoms with E-state index in [2.05, 4.69) is 29.4 Å². The second-order valence-corrected chi connectivity index (χ2v) is 5.37. The summed E-state index contributed by atoms with van der Waals surface area (Å²) in [6, 6.07) is -0.113. The van der Waals surface area contributed by atoms with E-state index in [1.807, 2.05) is 0 Å². The Hall–Kier alpha value is -0.850. The third-order valence-electron chi connectivity index (χ3n) is 3.36. The van der Waals surface area contributed by atoms with Crippen molar-refractivity contribution in [2.75, 3.05) is 53.1 Å². The maximum atomic E-state index is 11.6. The normalized spacial score (nSPS) is 17.2. The summed E-state index contributed by atoms with van der Waals surface area (Å²) in [5.74, 6) is 0. The molecule has 0 spiro atoms. The van der Waals surface area contributed by atoms with Crippen LogP contribution in [0.1, 0.15) is 20.3 Å². The molecule has 0 aromatic heterocycles. The molecule has 6 nitrogen and oxygen atoms in total. The molecule has 1 aliphatic rings. The quantitative estimate of drug-likeness (QED) is 0.661. The fourth-order valence-electron chi connectivity index (χ4n) is 2.06. The average Bonchev–Trinajstić information content (AvgIpc) is 2.42. The predicted molar refractivity (Wildman–Crippen MR) is 74.4 cm³/mol. The van der Waals surface area contributed by atoms with Gasteiger partial charge in [0.25, 0.3) is 0 Å². The molecule has 0 atom stereocenters. The lowest BCUT2D eigenvalue weighted by Crippen LogP contribution is -2.56. The molecule has 0 aliphatic carbocycles. The van der Waals surface area contributed by atoms with Crippen molar-refractivity contribution in [2.45, 2.75) is 25.8 Å². The molecule has 2 N–H and O–H groups in total. The molecule has 2 amide bonds. The first-order valence-corrected chi connectivity index (χ1v) is 6.90. The predicted octanol–water partition coefficient (Wildman–Crippen LogP) is 0.433. The fourth-order valence-corrected chi connectivity index (χ4v) is 2.06. The maximum absolute atomic E-state index is 11.6. The Morgan fingerprint density at radius 1 is 1.32 bits per heavy atom. The minimum Gasteiger partial charge on any atom is -0.385 e. The Labute approximate surface area is 115 Å². The second-order valence-electron chi connectivity index (χ2n) is 5.37. The summed E-state index contributed by atoms with van der Waals surface area (Å²) in [4.78, 5) is 14.0. The van der Waals surface area contributed by atoms with Crippen molar-refractivity contribution in [2.24, 2.45) is 0 Å². The maximum Gasteiger partial charge on any atom is 0.314 e. The van der Waals surface area contributed by atoms with Crippen molar-refractivity contribution >= 4 is 6.03 Å². The highest BCUT2D eigenvalue weighted by Gasteiger charge is 2.28. The molecule has 0 bridgehead atoms. The Morgan fingerprint density at radius 3 is 2.63 bits per heavy atom. The van der Waals surface area contributed by atoms with Crippen molar-refractivity contribution < 1.29 is 14.3 Å². The van der Waals surface area contributed by atoms with Gasteiger partial charge in [-0.05, 0) is 20.3 Å². The molecular formula is C13H27N3O3. The lowest BCUT2D eigenvalue weighted by atomic mass is 10.0. The molecule has 0 unspecified atom stereocenters. The number of ether oxygens (including phenoxy) is 2. The molecule has 0 saturated carbocycles. The van der Waals surface area contributed by atoms with Crippen LogP contribution in [0.4, 0.5) is 4.79 Å². The number of amides is 2. The van der Waals surface area contributed by atoms with Gasteiger partial charge in [0.1, 0.15) is 0 Å². The molecule has 1 heterocycles. The summed E-state index contributed by atoms with van der Waals surface area (Å²) in [7, 11) is 1.66. The minimum atomic E-state index is -0.113. The molecular weight excluding hydrogens is 246 g/mol. The van der Waals surface area contributed by atoms with Crippen LogP contribution in [0.5, 0.6) is 0 Å². The van der Waals surface area contributed by atoms with Crippen LogP contribution in [0.3, 0.4) is 0 Å². The molecule has 1 aliphatic heterocycles. The SMILES string of the molecule is COCCCNC(=O)NCC(C)(C)N1CCOCC1. The van der Waals surface area contributed by atoms with Crippen LogP contribution >= 0.6 is 0 Å². The standard InChI is InChI=1S/C13H27N3O3/c1-13(2,16-6-9-19-10-7-16)11-15-12(17)14-5-4-8-18-3/h4-11H2,1-3H3,(H2,14,15,17). The van der Waals surface area contributed by atoms with Gasteiger partial charge in [0, 0.05) is 45.4 Å². The Balaban J connectivity index is 2.20. The molecule has 1 fully saturated rings. The van der Waals surface area contributed by atoms with E-state index >= 15 is 0 Å². The molecule has 1 rings (SSSR count). The first-order valence-electron chi connectivity index (χ1n) is 6.90. The minimum absolute atomic E-state index is 0.0480. The first kappa shape index (κ1) is 16.2. The molecule has 0 aromatic rings. The zero-order valence-corrected chi connectivity index (χ0v) is 12.3. The smallest absolute Gasteiger partial charge is 0.314 e. The van der Waals surface area contributed by atoms with Gasteiger partial charge in [0.15, 0.2) is 0 Å². The number of nitrogens with zero attached hydrogens (tertiary/aromatic N) is 1. The van der Waals surface area contributed by atoms with Gasteiger partial charge in [-0.3, -0.25) is 4.90 Å². The van der Waals surface area contributed by atoms with Crippen molar-refractivity contribution in [3.63, 3.8) is 0 Å². The highest BCUT2D eigenvalue weighted by atomic mass is 16.5. The van der Waals surface area contributed by atoms with Gasteiger partial charge in [0.2, 0.25) is 0 Å². The van der Waals surface area contributed by atoms with E-state index in [4.69, 9.17) is 9.47 Å². The van der Waals surface area contributed by atoms with Gasteiger partial charge in [0.05, 0.1) is 13.2 Å². The average molecular weight is 273 g/mol. The number of methoxy groups -OCH3 is 1. The van der Waals surface area contributed by atoms with Crippen molar-refractivity contribution in [1.82, 2.24) is 15.5 Å². The second kappa shape index (κ2) is 8.35. The highest BCUT2D eigenvalue weighted by molar-refractivity contribution is 5.73. The summed E-state index contributed by atoms with van der Waals surface area (Å²) < 4.78 is 10.3. The van der Waals surface area contributed by atoms with Gasteiger partial charge >= 0.3 is 6.03 Å². The molecule has 6 heteroatoms. The lowest BCUT2D eigenvalue weighted by molar-refractivity contribution is -0.00874. The van der Waals surface area contributed by atoms with Crippen LogP contribution in [0.25, 0.3) is 0 Å². The first-order chi connectivity index (χ1) is 9.06. The Bertz CT molecular complexity index is 266. The van der Waals surface area contributed by atoms with E-state index in [0.717, 1.165) is 32.7 Å². The van der Waals surface area contributed by atoms with E-state index in [1.54, 1.807) is 7.11 Å². The number of rotatable bonds is 7. The van der Waals surface area contributed by atoms with Crippen LogP contribution < -0.4 is 10.6 Å². The van der Waals surface area contributed by atoms with E-state index in [1.165, 1.54) is 0 Å². The number of urea groups is 1. The van der Waals surface area contributed by atoms with Crippen LogP contribution in [0.2, 0.25) is 0 Å². The van der Waals surface area contributed by atoms with Crippen LogP contribution in [0.15, 0.2) is 0 Å². The summed E-state index contributed by atoms with van der Waals surface area (Å²) in [6.07, 6.45) is 0.830. The van der Waals surface area contributed by atoms with E-state index in [-0.39, 0.29) is 11.6 Å². The van der Waals surface area contributed by atoms with Crippen molar-refractivity contribution in [3.05, 3.63) is 0 Å². The number of nitrogens with one attached hydrogen (secondary N) is 2. The van der Waals surface area contributed by atoms with Gasteiger partial charge < -0.3 is 20.1 Å². The molecule has 1 saturated heterocycles. The Morgan fingerprint density at radius 2 is 2.00 bits per heavy atom. The number of morpholine rings is 1. The van der Waals surface area contributed by atoms with E-state index < -0.39 is 0 Å². The van der Waals surface area contributed by atoms with Crippen molar-refractivity contribution in [3.8, 4) is 0 Å². The van der Waals surface area contributed by atoms with Gasteiger partial charge in [-0.1, -0.05) is 0 Å². The molecule has 0 radical (unpaired) electrons. The number of carbonyl (C=O) groups excluding carboxylic acids is 1. The lowest BCUT2D eigenvalue weighted by Gasteiger charge is -2.40. The fraction of sp³-hybridized carbons (Fsp3) is 0.923. The van der Waals surface area contributed by atoms with Crippen LogP contribution in [0, 0.1) is 0 Å². The van der Waals surface area contributed by atoms with Gasteiger partial charge in [-0.15, -0.1) is 0 Å². The highest BCUT2D eigenvalue weighted by Crippen LogP contribution is 2.14. The van der Waals surface area contributed by atoms with Crippen LogP contribution in [-0.4, -0.2) is 69.6 Å². The third kappa shape index (κ3) is 6.22. The number of carbonyl (C=O) groups is 1. The topological polar surface area (TPSA) is 62.8 Å². The third-order valence-corrected chi connectivity index (χ3v) is 3.36. The van der Waals surface area contributed by atoms with E-state index in [0.29, 0.717) is 19.7 Å². The van der Waals surface area contributed by atoms with E-state index in [9.17, 15) is 4.79 Å².